The minimum atomic E-state index is -0.307. The largest absolute Gasteiger partial charge is 0.442 e. The number of cyclic esters (lactones) is 1. The Bertz CT molecular complexity index is 908. The number of aryl methyl sites for hydroxylation is 1. The van der Waals surface area contributed by atoms with Gasteiger partial charge in [-0.05, 0) is 18.2 Å². The van der Waals surface area contributed by atoms with Gasteiger partial charge in [0.2, 0.25) is 5.95 Å². The summed E-state index contributed by atoms with van der Waals surface area (Å²) in [6, 6.07) is 11.5. The highest BCUT2D eigenvalue weighted by atomic mass is 16.6. The lowest BCUT2D eigenvalue weighted by Crippen LogP contribution is -2.33. The van der Waals surface area contributed by atoms with E-state index in [0.717, 1.165) is 22.7 Å². The molecule has 0 saturated carbocycles. The van der Waals surface area contributed by atoms with E-state index in [1.54, 1.807) is 17.3 Å². The van der Waals surface area contributed by atoms with Crippen LogP contribution in [0, 0.1) is 0 Å². The van der Waals surface area contributed by atoms with Gasteiger partial charge in [0, 0.05) is 26.0 Å². The first-order chi connectivity index (χ1) is 12.1. The molecular weight excluding hydrogens is 318 g/mol. The number of benzene rings is 1. The molecule has 1 saturated heterocycles. The van der Waals surface area contributed by atoms with E-state index in [9.17, 15) is 4.79 Å². The van der Waals surface area contributed by atoms with Gasteiger partial charge in [0.05, 0.1) is 30.3 Å². The van der Waals surface area contributed by atoms with Gasteiger partial charge in [0.1, 0.15) is 6.10 Å². The lowest BCUT2D eigenvalue weighted by Gasteiger charge is -2.21. The van der Waals surface area contributed by atoms with Crippen LogP contribution in [0.3, 0.4) is 0 Å². The molecule has 0 aliphatic carbocycles. The van der Waals surface area contributed by atoms with E-state index in [1.165, 1.54) is 0 Å². The highest BCUT2D eigenvalue weighted by Crippen LogP contribution is 2.24. The summed E-state index contributed by atoms with van der Waals surface area (Å²) < 4.78 is 7.52. The Morgan fingerprint density at radius 2 is 2.08 bits per heavy atom. The number of ether oxygens (including phenoxy) is 1. The summed E-state index contributed by atoms with van der Waals surface area (Å²) in [5, 5.41) is 0. The van der Waals surface area contributed by atoms with Gasteiger partial charge >= 0.3 is 6.09 Å². The Labute approximate surface area is 145 Å². The Balaban J connectivity index is 1.50. The maximum absolute atomic E-state index is 12.2. The molecule has 4 rings (SSSR count). The number of para-hydroxylation sites is 1. The van der Waals surface area contributed by atoms with Crippen LogP contribution in [0.4, 0.5) is 16.4 Å². The van der Waals surface area contributed by atoms with Crippen molar-refractivity contribution in [3.8, 4) is 0 Å². The number of nitrogens with zero attached hydrogens (tertiary/aromatic N) is 5. The molecule has 7 heteroatoms. The molecule has 2 aromatic heterocycles. The molecule has 7 nitrogen and oxygen atoms in total. The van der Waals surface area contributed by atoms with Gasteiger partial charge in [-0.25, -0.2) is 9.78 Å². The number of amides is 1. The maximum atomic E-state index is 12.2. The zero-order valence-electron chi connectivity index (χ0n) is 14.2. The first kappa shape index (κ1) is 15.4. The van der Waals surface area contributed by atoms with Crippen LogP contribution in [0.2, 0.25) is 0 Å². The smallest absolute Gasteiger partial charge is 0.414 e. The minimum Gasteiger partial charge on any atom is -0.442 e. The van der Waals surface area contributed by atoms with Crippen molar-refractivity contribution in [1.82, 2.24) is 14.5 Å². The van der Waals surface area contributed by atoms with Crippen LogP contribution in [-0.4, -0.2) is 46.9 Å². The fraction of sp³-hybridized carbons (Fsp3) is 0.278. The molecule has 128 valence electrons. The van der Waals surface area contributed by atoms with Crippen LogP contribution >= 0.6 is 0 Å². The number of fused-ring (bicyclic) bond motifs is 1. The van der Waals surface area contributed by atoms with Crippen molar-refractivity contribution in [2.45, 2.75) is 6.10 Å². The molecule has 0 spiro atoms. The van der Waals surface area contributed by atoms with Crippen LogP contribution < -0.4 is 9.80 Å². The van der Waals surface area contributed by atoms with Gasteiger partial charge in [-0.2, -0.15) is 0 Å². The number of carbonyl (C=O) groups is 1. The van der Waals surface area contributed by atoms with Crippen LogP contribution in [0.15, 0.2) is 48.8 Å². The van der Waals surface area contributed by atoms with E-state index >= 15 is 0 Å². The highest BCUT2D eigenvalue weighted by Gasteiger charge is 2.33. The van der Waals surface area contributed by atoms with Crippen LogP contribution in [0.1, 0.15) is 0 Å². The lowest BCUT2D eigenvalue weighted by atomic mass is 10.2. The Morgan fingerprint density at radius 1 is 1.28 bits per heavy atom. The number of carbonyl (C=O) groups excluding carboxylic acids is 1. The fourth-order valence-corrected chi connectivity index (χ4v) is 3.19. The normalized spacial score (nSPS) is 17.1. The molecule has 0 N–H and O–H groups in total. The Hall–Kier alpha value is -3.09. The molecule has 1 aromatic carbocycles. The predicted molar refractivity (Wildman–Crippen MR) is 95.8 cm³/mol. The molecule has 25 heavy (non-hydrogen) atoms. The lowest BCUT2D eigenvalue weighted by molar-refractivity contribution is 0.144. The van der Waals surface area contributed by atoms with Gasteiger partial charge in [-0.3, -0.25) is 9.88 Å². The maximum Gasteiger partial charge on any atom is 0.414 e. The summed E-state index contributed by atoms with van der Waals surface area (Å²) in [6.45, 7) is 1.10. The van der Waals surface area contributed by atoms with Gasteiger partial charge < -0.3 is 14.2 Å². The Kier molecular flexibility index (Phi) is 3.76. The second-order valence-corrected chi connectivity index (χ2v) is 6.17. The quantitative estimate of drug-likeness (QED) is 0.732. The van der Waals surface area contributed by atoms with E-state index in [1.807, 2.05) is 60.0 Å². The van der Waals surface area contributed by atoms with Gasteiger partial charge in [0.25, 0.3) is 0 Å². The van der Waals surface area contributed by atoms with E-state index in [2.05, 4.69) is 9.97 Å². The first-order valence-electron chi connectivity index (χ1n) is 8.14. The SMILES string of the molecule is CN(CC1CN(c2ccccc2)C(=O)O1)c1nc2ccncc2n1C. The molecule has 1 amide bonds. The fourth-order valence-electron chi connectivity index (χ4n) is 3.19. The molecule has 3 aromatic rings. The first-order valence-corrected chi connectivity index (χ1v) is 8.14. The molecule has 3 heterocycles. The number of aromatic nitrogens is 3. The molecule has 1 aliphatic rings. The number of rotatable bonds is 4. The van der Waals surface area contributed by atoms with Crippen molar-refractivity contribution < 1.29 is 9.53 Å². The van der Waals surface area contributed by atoms with Crippen LogP contribution in [0.5, 0.6) is 0 Å². The third kappa shape index (κ3) is 2.77. The zero-order chi connectivity index (χ0) is 17.4. The van der Waals surface area contributed by atoms with E-state index < -0.39 is 0 Å². The highest BCUT2D eigenvalue weighted by molar-refractivity contribution is 5.89. The van der Waals surface area contributed by atoms with Gasteiger partial charge in [-0.15, -0.1) is 0 Å². The number of anilines is 2. The standard InChI is InChI=1S/C18H19N5O2/c1-21(17-20-15-8-9-19-10-16(15)22(17)2)11-14-12-23(18(24)25-14)13-6-4-3-5-7-13/h3-10,14H,11-12H2,1-2H3. The summed E-state index contributed by atoms with van der Waals surface area (Å²) in [7, 11) is 3.91. The van der Waals surface area contributed by atoms with Crippen LogP contribution in [0.25, 0.3) is 11.0 Å². The molecule has 1 aliphatic heterocycles. The molecular formula is C18H19N5O2. The topological polar surface area (TPSA) is 63.5 Å². The molecule has 0 bridgehead atoms. The number of likely N-dealkylation sites (N-methyl/N-ethyl adjacent to an activating group) is 1. The summed E-state index contributed by atoms with van der Waals surface area (Å²) in [5.74, 6) is 0.817. The van der Waals surface area contributed by atoms with Crippen molar-refractivity contribution >= 4 is 28.8 Å². The van der Waals surface area contributed by atoms with Crippen molar-refractivity contribution in [3.63, 3.8) is 0 Å². The predicted octanol–water partition coefficient (Wildman–Crippen LogP) is 2.43. The second-order valence-electron chi connectivity index (χ2n) is 6.17. The number of imidazole rings is 1. The van der Waals surface area contributed by atoms with E-state index in [4.69, 9.17) is 4.74 Å². The molecule has 1 fully saturated rings. The van der Waals surface area contributed by atoms with Crippen molar-refractivity contribution in [3.05, 3.63) is 48.8 Å². The number of pyridine rings is 1. The average Bonchev–Trinajstić information content (AvgIpc) is 3.16. The molecule has 0 radical (unpaired) electrons. The van der Waals surface area contributed by atoms with Gasteiger partial charge in [-0.1, -0.05) is 18.2 Å². The molecule has 1 unspecified atom stereocenters. The van der Waals surface area contributed by atoms with Crippen molar-refractivity contribution in [2.24, 2.45) is 7.05 Å². The minimum absolute atomic E-state index is 0.212. The van der Waals surface area contributed by atoms with Crippen molar-refractivity contribution in [2.75, 3.05) is 29.9 Å². The van der Waals surface area contributed by atoms with Crippen LogP contribution in [-0.2, 0) is 11.8 Å². The van der Waals surface area contributed by atoms with Crippen molar-refractivity contribution in [1.29, 1.82) is 0 Å². The second kappa shape index (κ2) is 6.08. The van der Waals surface area contributed by atoms with E-state index in [-0.39, 0.29) is 12.2 Å². The number of hydrogen-bond acceptors (Lipinski definition) is 5. The third-order valence-corrected chi connectivity index (χ3v) is 4.42. The zero-order valence-corrected chi connectivity index (χ0v) is 14.2. The molecule has 1 atom stereocenters. The van der Waals surface area contributed by atoms with E-state index in [0.29, 0.717) is 13.1 Å². The monoisotopic (exact) mass is 337 g/mol. The average molecular weight is 337 g/mol. The summed E-state index contributed by atoms with van der Waals surface area (Å²) in [4.78, 5) is 24.6. The summed E-state index contributed by atoms with van der Waals surface area (Å²) in [5.41, 5.74) is 2.72. The summed E-state index contributed by atoms with van der Waals surface area (Å²) in [6.07, 6.45) is 3.01. The number of hydrogen-bond donors (Lipinski definition) is 0. The Morgan fingerprint density at radius 3 is 2.84 bits per heavy atom. The van der Waals surface area contributed by atoms with Gasteiger partial charge in [0.15, 0.2) is 0 Å². The summed E-state index contributed by atoms with van der Waals surface area (Å²) >= 11 is 0. The third-order valence-electron chi connectivity index (χ3n) is 4.42.